The van der Waals surface area contributed by atoms with Gasteiger partial charge >= 0.3 is 0 Å². The van der Waals surface area contributed by atoms with Gasteiger partial charge in [-0.25, -0.2) is 4.99 Å². The van der Waals surface area contributed by atoms with Crippen LogP contribution in [-0.2, 0) is 9.47 Å². The summed E-state index contributed by atoms with van der Waals surface area (Å²) in [7, 11) is 3.09. The summed E-state index contributed by atoms with van der Waals surface area (Å²) >= 11 is 5.57. The Morgan fingerprint density at radius 2 is 2.36 bits per heavy atom. The molecule has 1 aliphatic heterocycles. The van der Waals surface area contributed by atoms with Gasteiger partial charge in [0.25, 0.3) is 0 Å². The van der Waals surface area contributed by atoms with E-state index in [4.69, 9.17) is 21.1 Å². The van der Waals surface area contributed by atoms with Crippen LogP contribution in [0.1, 0.15) is 0 Å². The SMILES string of the molecule is COC1=CNC(Cl)=NC1OC. The van der Waals surface area contributed by atoms with E-state index in [9.17, 15) is 0 Å². The smallest absolute Gasteiger partial charge is 0.210 e. The zero-order valence-corrected chi connectivity index (χ0v) is 7.05. The van der Waals surface area contributed by atoms with Crippen molar-refractivity contribution in [2.75, 3.05) is 14.2 Å². The average molecular weight is 177 g/mol. The molecule has 0 saturated heterocycles. The standard InChI is InChI=1S/C6H9ClN2O2/c1-10-4-3-8-6(7)9-5(4)11-2/h3,5H,1-2H3,(H,8,9). The number of halogens is 1. The summed E-state index contributed by atoms with van der Waals surface area (Å²) in [5.41, 5.74) is 0. The zero-order chi connectivity index (χ0) is 8.27. The number of hydrogen-bond donors (Lipinski definition) is 1. The Kier molecular flexibility index (Phi) is 2.73. The Morgan fingerprint density at radius 3 is 2.91 bits per heavy atom. The highest BCUT2D eigenvalue weighted by Crippen LogP contribution is 2.11. The van der Waals surface area contributed by atoms with Crippen molar-refractivity contribution >= 4 is 16.9 Å². The molecule has 5 heteroatoms. The third-order valence-electron chi connectivity index (χ3n) is 1.27. The summed E-state index contributed by atoms with van der Waals surface area (Å²) in [5.74, 6) is 0.608. The maximum atomic E-state index is 5.57. The lowest BCUT2D eigenvalue weighted by atomic mass is 10.4. The van der Waals surface area contributed by atoms with Gasteiger partial charge in [0.1, 0.15) is 0 Å². The first-order valence-electron chi connectivity index (χ1n) is 3.04. The lowest BCUT2D eigenvalue weighted by Gasteiger charge is -2.17. The summed E-state index contributed by atoms with van der Waals surface area (Å²) in [4.78, 5) is 3.91. The second-order valence-electron chi connectivity index (χ2n) is 1.90. The molecule has 0 aromatic carbocycles. The molecule has 1 heterocycles. The Bertz CT molecular complexity index is 203. The summed E-state index contributed by atoms with van der Waals surface area (Å²) < 4.78 is 9.91. The minimum atomic E-state index is -0.422. The van der Waals surface area contributed by atoms with E-state index in [1.807, 2.05) is 0 Å². The fourth-order valence-corrected chi connectivity index (χ4v) is 0.878. The number of amidine groups is 1. The molecule has 1 rings (SSSR count). The number of nitrogens with one attached hydrogen (secondary N) is 1. The predicted molar refractivity (Wildman–Crippen MR) is 42.3 cm³/mol. The van der Waals surface area contributed by atoms with Crippen molar-refractivity contribution in [3.63, 3.8) is 0 Å². The van der Waals surface area contributed by atoms with E-state index in [0.717, 1.165) is 0 Å². The second-order valence-corrected chi connectivity index (χ2v) is 2.26. The van der Waals surface area contributed by atoms with Gasteiger partial charge in [-0.3, -0.25) is 0 Å². The molecule has 0 aliphatic carbocycles. The topological polar surface area (TPSA) is 42.8 Å². The molecule has 0 fully saturated rings. The molecule has 0 aromatic rings. The number of nitrogens with zero attached hydrogens (tertiary/aromatic N) is 1. The van der Waals surface area contributed by atoms with E-state index < -0.39 is 6.23 Å². The van der Waals surface area contributed by atoms with Gasteiger partial charge in [0.05, 0.1) is 7.11 Å². The van der Waals surface area contributed by atoms with Gasteiger partial charge in [-0.1, -0.05) is 0 Å². The fourth-order valence-electron chi connectivity index (χ4n) is 0.734. The highest BCUT2D eigenvalue weighted by atomic mass is 35.5. The first kappa shape index (κ1) is 8.36. The van der Waals surface area contributed by atoms with E-state index in [2.05, 4.69) is 10.3 Å². The van der Waals surface area contributed by atoms with Gasteiger partial charge in [-0.2, -0.15) is 0 Å². The Labute approximate surface area is 69.8 Å². The predicted octanol–water partition coefficient (Wildman–Crippen LogP) is 0.645. The quantitative estimate of drug-likeness (QED) is 0.629. The molecule has 0 radical (unpaired) electrons. The van der Waals surface area contributed by atoms with E-state index in [1.54, 1.807) is 13.3 Å². The van der Waals surface area contributed by atoms with Gasteiger partial charge in [-0.05, 0) is 11.6 Å². The van der Waals surface area contributed by atoms with E-state index >= 15 is 0 Å². The highest BCUT2D eigenvalue weighted by Gasteiger charge is 2.17. The van der Waals surface area contributed by atoms with E-state index in [0.29, 0.717) is 11.1 Å². The largest absolute Gasteiger partial charge is 0.495 e. The lowest BCUT2D eigenvalue weighted by Crippen LogP contribution is -2.26. The van der Waals surface area contributed by atoms with Crippen LogP contribution in [0.15, 0.2) is 17.0 Å². The van der Waals surface area contributed by atoms with Gasteiger partial charge in [-0.15, -0.1) is 0 Å². The molecule has 1 atom stereocenters. The minimum Gasteiger partial charge on any atom is -0.495 e. The van der Waals surface area contributed by atoms with Crippen LogP contribution in [0.2, 0.25) is 0 Å². The van der Waals surface area contributed by atoms with Gasteiger partial charge in [0.2, 0.25) is 6.23 Å². The molecule has 62 valence electrons. The molecule has 1 unspecified atom stereocenters. The number of methoxy groups -OCH3 is 2. The Hall–Kier alpha value is -0.740. The third-order valence-corrected chi connectivity index (χ3v) is 1.47. The molecule has 0 bridgehead atoms. The fraction of sp³-hybridized carbons (Fsp3) is 0.500. The van der Waals surface area contributed by atoms with Crippen LogP contribution in [-0.4, -0.2) is 25.7 Å². The van der Waals surface area contributed by atoms with Crippen molar-refractivity contribution in [2.24, 2.45) is 4.99 Å². The number of ether oxygens (including phenoxy) is 2. The first-order valence-corrected chi connectivity index (χ1v) is 3.42. The van der Waals surface area contributed by atoms with Crippen molar-refractivity contribution in [2.45, 2.75) is 6.23 Å². The van der Waals surface area contributed by atoms with Gasteiger partial charge in [0, 0.05) is 13.3 Å². The van der Waals surface area contributed by atoms with Crippen LogP contribution in [0, 0.1) is 0 Å². The first-order chi connectivity index (χ1) is 5.27. The Balaban J connectivity index is 2.69. The maximum absolute atomic E-state index is 5.57. The number of rotatable bonds is 2. The summed E-state index contributed by atoms with van der Waals surface area (Å²) in [6.07, 6.45) is 1.19. The molecular formula is C6H9ClN2O2. The van der Waals surface area contributed by atoms with Crippen LogP contribution >= 0.6 is 11.6 Å². The van der Waals surface area contributed by atoms with Crippen molar-refractivity contribution in [1.82, 2.24) is 5.32 Å². The zero-order valence-electron chi connectivity index (χ0n) is 6.30. The normalized spacial score (nSPS) is 23.4. The summed E-state index contributed by atoms with van der Waals surface area (Å²) in [5, 5.41) is 3.00. The van der Waals surface area contributed by atoms with Crippen molar-refractivity contribution in [3.05, 3.63) is 12.0 Å². The van der Waals surface area contributed by atoms with E-state index in [1.165, 1.54) is 7.11 Å². The number of aliphatic imine (C=N–C) groups is 1. The van der Waals surface area contributed by atoms with Crippen molar-refractivity contribution in [1.29, 1.82) is 0 Å². The molecule has 0 aromatic heterocycles. The molecule has 0 amide bonds. The van der Waals surface area contributed by atoms with E-state index in [-0.39, 0.29) is 0 Å². The van der Waals surface area contributed by atoms with Crippen LogP contribution in [0.3, 0.4) is 0 Å². The minimum absolute atomic E-state index is 0.303. The molecule has 1 N–H and O–H groups in total. The summed E-state index contributed by atoms with van der Waals surface area (Å²) in [6, 6.07) is 0. The van der Waals surface area contributed by atoms with Gasteiger partial charge < -0.3 is 14.8 Å². The third kappa shape index (κ3) is 1.85. The van der Waals surface area contributed by atoms with Crippen molar-refractivity contribution < 1.29 is 9.47 Å². The molecule has 4 nitrogen and oxygen atoms in total. The maximum Gasteiger partial charge on any atom is 0.210 e. The molecule has 1 aliphatic rings. The van der Waals surface area contributed by atoms with Crippen LogP contribution in [0.4, 0.5) is 0 Å². The number of hydrogen-bond acceptors (Lipinski definition) is 4. The molecular weight excluding hydrogens is 168 g/mol. The Morgan fingerprint density at radius 1 is 1.64 bits per heavy atom. The molecule has 11 heavy (non-hydrogen) atoms. The molecule has 0 saturated carbocycles. The van der Waals surface area contributed by atoms with Crippen LogP contribution < -0.4 is 5.32 Å². The average Bonchev–Trinajstić information content (AvgIpc) is 2.04. The summed E-state index contributed by atoms with van der Waals surface area (Å²) in [6.45, 7) is 0. The molecule has 0 spiro atoms. The highest BCUT2D eigenvalue weighted by molar-refractivity contribution is 6.64. The lowest BCUT2D eigenvalue weighted by molar-refractivity contribution is 0.0825. The monoisotopic (exact) mass is 176 g/mol. The van der Waals surface area contributed by atoms with Crippen molar-refractivity contribution in [3.8, 4) is 0 Å². The second kappa shape index (κ2) is 3.59. The van der Waals surface area contributed by atoms with Gasteiger partial charge in [0.15, 0.2) is 11.1 Å². The van der Waals surface area contributed by atoms with Crippen LogP contribution in [0.5, 0.6) is 0 Å². The van der Waals surface area contributed by atoms with Crippen LogP contribution in [0.25, 0.3) is 0 Å².